The van der Waals surface area contributed by atoms with E-state index in [0.717, 1.165) is 44.8 Å². The van der Waals surface area contributed by atoms with Crippen LogP contribution in [0, 0.1) is 29.6 Å². The average molecular weight is 429 g/mol. The van der Waals surface area contributed by atoms with Gasteiger partial charge < -0.3 is 9.47 Å². The highest BCUT2D eigenvalue weighted by Crippen LogP contribution is 2.56. The van der Waals surface area contributed by atoms with Crippen molar-refractivity contribution in [2.75, 3.05) is 13.2 Å². The van der Waals surface area contributed by atoms with Crippen LogP contribution in [0.15, 0.2) is 0 Å². The Bertz CT molecular complexity index is 551. The predicted octanol–water partition coefficient (Wildman–Crippen LogP) is 5.97. The molecule has 0 aromatic rings. The minimum atomic E-state index is -0.940. The first-order chi connectivity index (χ1) is 14.1. The Morgan fingerprint density at radius 2 is 1.10 bits per heavy atom. The standard InChI is InChI=1S/C24H38F2O2S/c1-14-2-4-15(5-3-14)12-27-19-10-8-17-18-9-11-20(28-13-16-6-7-16)22(26)24(18)29-23(17)21(19)25/h14-24H,2-13H2,1H3. The third-order valence-electron chi connectivity index (χ3n) is 8.54. The number of hydrogen-bond acceptors (Lipinski definition) is 3. The van der Waals surface area contributed by atoms with E-state index in [9.17, 15) is 0 Å². The molecule has 166 valence electrons. The zero-order chi connectivity index (χ0) is 20.0. The van der Waals surface area contributed by atoms with Gasteiger partial charge in [0.05, 0.1) is 12.2 Å². The highest BCUT2D eigenvalue weighted by Gasteiger charge is 2.56. The van der Waals surface area contributed by atoms with Gasteiger partial charge in [-0.05, 0) is 81.0 Å². The Labute approximate surface area is 179 Å². The Kier molecular flexibility index (Phi) is 6.47. The number of hydrogen-bond donors (Lipinski definition) is 0. The lowest BCUT2D eigenvalue weighted by Gasteiger charge is -2.39. The molecule has 0 radical (unpaired) electrons. The van der Waals surface area contributed by atoms with Gasteiger partial charge >= 0.3 is 0 Å². The van der Waals surface area contributed by atoms with Crippen LogP contribution in [0.3, 0.4) is 0 Å². The topological polar surface area (TPSA) is 18.5 Å². The zero-order valence-corrected chi connectivity index (χ0v) is 18.6. The van der Waals surface area contributed by atoms with E-state index in [-0.39, 0.29) is 22.7 Å². The molecule has 0 aromatic heterocycles. The Hall–Kier alpha value is 0.130. The Morgan fingerprint density at radius 3 is 1.55 bits per heavy atom. The third kappa shape index (κ3) is 4.53. The SMILES string of the molecule is CC1CCC(COC2CCC3C4CCC(OCC5CC5)C(F)C4SC3C2F)CC1. The maximum Gasteiger partial charge on any atom is 0.138 e. The average Bonchev–Trinajstić information content (AvgIpc) is 3.47. The lowest BCUT2D eigenvalue weighted by atomic mass is 9.71. The van der Waals surface area contributed by atoms with Crippen molar-refractivity contribution in [3.05, 3.63) is 0 Å². The summed E-state index contributed by atoms with van der Waals surface area (Å²) in [6.07, 6.45) is 8.72. The molecule has 5 heteroatoms. The van der Waals surface area contributed by atoms with Crippen LogP contribution in [0.2, 0.25) is 0 Å². The quantitative estimate of drug-likeness (QED) is 0.519. The maximum absolute atomic E-state index is 15.4. The largest absolute Gasteiger partial charge is 0.375 e. The fourth-order valence-corrected chi connectivity index (χ4v) is 8.45. The van der Waals surface area contributed by atoms with E-state index in [1.807, 2.05) is 0 Å². The summed E-state index contributed by atoms with van der Waals surface area (Å²) in [7, 11) is 0. The third-order valence-corrected chi connectivity index (χ3v) is 10.4. The summed E-state index contributed by atoms with van der Waals surface area (Å²) < 4.78 is 42.8. The normalized spacial score (nSPS) is 50.2. The summed E-state index contributed by atoms with van der Waals surface area (Å²) in [5.74, 6) is 2.77. The van der Waals surface area contributed by atoms with Gasteiger partial charge in [0.15, 0.2) is 0 Å². The van der Waals surface area contributed by atoms with Gasteiger partial charge in [0.2, 0.25) is 0 Å². The molecular formula is C24H38F2O2S. The number of fused-ring (bicyclic) bond motifs is 3. The second-order valence-electron chi connectivity index (χ2n) is 10.7. The molecule has 0 N–H and O–H groups in total. The number of halogens is 2. The van der Waals surface area contributed by atoms with Gasteiger partial charge in [-0.2, -0.15) is 0 Å². The Morgan fingerprint density at radius 1 is 0.655 bits per heavy atom. The fourth-order valence-electron chi connectivity index (χ4n) is 6.35. The summed E-state index contributed by atoms with van der Waals surface area (Å²) in [4.78, 5) is 0. The summed E-state index contributed by atoms with van der Waals surface area (Å²) in [6.45, 7) is 3.77. The van der Waals surface area contributed by atoms with Crippen LogP contribution in [-0.2, 0) is 9.47 Å². The molecule has 4 aliphatic carbocycles. The van der Waals surface area contributed by atoms with Crippen molar-refractivity contribution < 1.29 is 18.3 Å². The van der Waals surface area contributed by atoms with Gasteiger partial charge in [0.25, 0.3) is 0 Å². The van der Waals surface area contributed by atoms with Gasteiger partial charge in [-0.15, -0.1) is 11.8 Å². The van der Waals surface area contributed by atoms with Crippen molar-refractivity contribution in [3.8, 4) is 0 Å². The monoisotopic (exact) mass is 428 g/mol. The van der Waals surface area contributed by atoms with Crippen molar-refractivity contribution in [2.24, 2.45) is 29.6 Å². The van der Waals surface area contributed by atoms with Gasteiger partial charge in [0, 0.05) is 23.7 Å². The number of thioether (sulfide) groups is 1. The van der Waals surface area contributed by atoms with Crippen molar-refractivity contribution in [2.45, 2.75) is 106 Å². The van der Waals surface area contributed by atoms with E-state index in [4.69, 9.17) is 9.47 Å². The van der Waals surface area contributed by atoms with Crippen LogP contribution in [0.25, 0.3) is 0 Å². The van der Waals surface area contributed by atoms with E-state index in [2.05, 4.69) is 6.92 Å². The second-order valence-corrected chi connectivity index (χ2v) is 12.1. The molecule has 8 atom stereocenters. The Balaban J connectivity index is 1.14. The van der Waals surface area contributed by atoms with Crippen LogP contribution in [0.1, 0.15) is 71.1 Å². The van der Waals surface area contributed by atoms with Gasteiger partial charge in [-0.1, -0.05) is 19.8 Å². The van der Waals surface area contributed by atoms with Crippen molar-refractivity contribution in [3.63, 3.8) is 0 Å². The maximum atomic E-state index is 15.4. The summed E-state index contributed by atoms with van der Waals surface area (Å²) in [6, 6.07) is 0. The minimum Gasteiger partial charge on any atom is -0.375 e. The number of alkyl halides is 2. The molecular weight excluding hydrogens is 390 g/mol. The highest BCUT2D eigenvalue weighted by atomic mass is 32.2. The molecule has 5 fully saturated rings. The van der Waals surface area contributed by atoms with E-state index in [1.54, 1.807) is 11.8 Å². The molecule has 5 rings (SSSR count). The molecule has 0 bridgehead atoms. The van der Waals surface area contributed by atoms with E-state index < -0.39 is 12.3 Å². The first-order valence-electron chi connectivity index (χ1n) is 12.3. The van der Waals surface area contributed by atoms with E-state index in [0.29, 0.717) is 23.7 Å². The fraction of sp³-hybridized carbons (Fsp3) is 1.00. The molecule has 8 unspecified atom stereocenters. The molecule has 29 heavy (non-hydrogen) atoms. The summed E-state index contributed by atoms with van der Waals surface area (Å²) in [5, 5.41) is -0.143. The predicted molar refractivity (Wildman–Crippen MR) is 114 cm³/mol. The van der Waals surface area contributed by atoms with Gasteiger partial charge in [-0.3, -0.25) is 0 Å². The van der Waals surface area contributed by atoms with Crippen LogP contribution in [0.4, 0.5) is 8.78 Å². The van der Waals surface area contributed by atoms with Crippen LogP contribution in [0.5, 0.6) is 0 Å². The van der Waals surface area contributed by atoms with Crippen LogP contribution < -0.4 is 0 Å². The van der Waals surface area contributed by atoms with Gasteiger partial charge in [0.1, 0.15) is 12.3 Å². The molecule has 1 heterocycles. The molecule has 0 spiro atoms. The molecule has 4 saturated carbocycles. The van der Waals surface area contributed by atoms with Crippen molar-refractivity contribution in [1.82, 2.24) is 0 Å². The van der Waals surface area contributed by atoms with Crippen LogP contribution in [-0.4, -0.2) is 48.3 Å². The number of ether oxygens (including phenoxy) is 2. The lowest BCUT2D eigenvalue weighted by Crippen LogP contribution is -2.45. The van der Waals surface area contributed by atoms with E-state index in [1.165, 1.54) is 38.5 Å². The highest BCUT2D eigenvalue weighted by molar-refractivity contribution is 8.00. The first kappa shape index (κ1) is 21.0. The van der Waals surface area contributed by atoms with Gasteiger partial charge in [-0.25, -0.2) is 8.78 Å². The number of rotatable bonds is 6. The molecule has 5 aliphatic rings. The van der Waals surface area contributed by atoms with Crippen molar-refractivity contribution in [1.29, 1.82) is 0 Å². The zero-order valence-electron chi connectivity index (χ0n) is 17.8. The first-order valence-corrected chi connectivity index (χ1v) is 13.2. The van der Waals surface area contributed by atoms with Crippen molar-refractivity contribution >= 4 is 11.8 Å². The minimum absolute atomic E-state index is 0.0696. The smallest absolute Gasteiger partial charge is 0.138 e. The molecule has 0 aromatic carbocycles. The lowest BCUT2D eigenvalue weighted by molar-refractivity contribution is -0.0644. The molecule has 2 nitrogen and oxygen atoms in total. The molecule has 0 amide bonds. The van der Waals surface area contributed by atoms with Crippen LogP contribution >= 0.6 is 11.8 Å². The second kappa shape index (κ2) is 8.94. The molecule has 1 aliphatic heterocycles. The molecule has 1 saturated heterocycles. The summed E-state index contributed by atoms with van der Waals surface area (Å²) in [5.41, 5.74) is 0. The van der Waals surface area contributed by atoms with E-state index >= 15 is 8.78 Å². The summed E-state index contributed by atoms with van der Waals surface area (Å²) >= 11 is 1.60.